The van der Waals surface area contributed by atoms with Gasteiger partial charge in [-0.15, -0.1) is 0 Å². The molecule has 0 saturated heterocycles. The minimum absolute atomic E-state index is 0.534. The van der Waals surface area contributed by atoms with E-state index in [1.165, 1.54) is 0 Å². The molecule has 1 N–H and O–H groups in total. The van der Waals surface area contributed by atoms with Crippen LogP contribution in [0.5, 0.6) is 0 Å². The Kier molecular flexibility index (Phi) is 3.77. The van der Waals surface area contributed by atoms with Crippen LogP contribution < -0.4 is 5.32 Å². The average Bonchev–Trinajstić information content (AvgIpc) is 2.88. The van der Waals surface area contributed by atoms with Gasteiger partial charge in [0.15, 0.2) is 0 Å². The zero-order valence-electron chi connectivity index (χ0n) is 13.2. The van der Waals surface area contributed by atoms with Crippen molar-refractivity contribution in [2.24, 2.45) is 0 Å². The maximum atomic E-state index is 8.87. The van der Waals surface area contributed by atoms with Crippen LogP contribution >= 0.6 is 0 Å². The van der Waals surface area contributed by atoms with E-state index in [1.807, 2.05) is 45.0 Å². The van der Waals surface area contributed by atoms with Gasteiger partial charge < -0.3 is 5.32 Å². The Morgan fingerprint density at radius 3 is 2.22 bits per heavy atom. The first kappa shape index (κ1) is 14.7. The van der Waals surface area contributed by atoms with Gasteiger partial charge in [0.1, 0.15) is 5.82 Å². The lowest BCUT2D eigenvalue weighted by molar-refractivity contribution is 0.790. The summed E-state index contributed by atoms with van der Waals surface area (Å²) >= 11 is 0. The van der Waals surface area contributed by atoms with Crippen LogP contribution in [0.4, 0.5) is 11.5 Å². The van der Waals surface area contributed by atoms with E-state index in [4.69, 9.17) is 5.26 Å². The minimum atomic E-state index is 0.534. The summed E-state index contributed by atoms with van der Waals surface area (Å²) in [6.45, 7) is 5.79. The lowest BCUT2D eigenvalue weighted by Gasteiger charge is -2.09. The predicted molar refractivity (Wildman–Crippen MR) is 87.8 cm³/mol. The number of aryl methyl sites for hydroxylation is 3. The van der Waals surface area contributed by atoms with Crippen LogP contribution in [0.15, 0.2) is 36.4 Å². The second-order valence-corrected chi connectivity index (χ2v) is 5.35. The van der Waals surface area contributed by atoms with Crippen molar-refractivity contribution >= 4 is 11.5 Å². The van der Waals surface area contributed by atoms with Crippen molar-refractivity contribution in [1.82, 2.24) is 19.7 Å². The van der Waals surface area contributed by atoms with Crippen molar-refractivity contribution in [3.63, 3.8) is 0 Å². The predicted octanol–water partition coefficient (Wildman–Crippen LogP) is 3.20. The minimum Gasteiger partial charge on any atom is -0.340 e. The van der Waals surface area contributed by atoms with Crippen molar-refractivity contribution in [2.45, 2.75) is 20.8 Å². The quantitative estimate of drug-likeness (QED) is 0.803. The highest BCUT2D eigenvalue weighted by Crippen LogP contribution is 2.20. The molecule has 1 aromatic carbocycles. The number of rotatable bonds is 3. The first-order valence-corrected chi connectivity index (χ1v) is 7.21. The fourth-order valence-corrected chi connectivity index (χ4v) is 2.32. The van der Waals surface area contributed by atoms with Gasteiger partial charge in [-0.2, -0.15) is 15.0 Å². The van der Waals surface area contributed by atoms with Crippen LogP contribution in [0.2, 0.25) is 0 Å². The molecule has 2 heterocycles. The molecular formula is C17H16N6. The first-order chi connectivity index (χ1) is 11.0. The molecule has 0 aliphatic rings. The number of benzene rings is 1. The number of aromatic nitrogens is 4. The molecule has 0 fully saturated rings. The summed E-state index contributed by atoms with van der Waals surface area (Å²) in [4.78, 5) is 8.91. The van der Waals surface area contributed by atoms with Gasteiger partial charge in [-0.05, 0) is 51.1 Å². The third-order valence-electron chi connectivity index (χ3n) is 3.28. The van der Waals surface area contributed by atoms with E-state index in [0.29, 0.717) is 11.5 Å². The van der Waals surface area contributed by atoms with Gasteiger partial charge in [0, 0.05) is 23.1 Å². The highest BCUT2D eigenvalue weighted by Gasteiger charge is 2.11. The Balaban J connectivity index is 1.98. The zero-order valence-corrected chi connectivity index (χ0v) is 13.2. The maximum absolute atomic E-state index is 8.87. The summed E-state index contributed by atoms with van der Waals surface area (Å²) in [5, 5.41) is 16.6. The molecule has 0 unspecified atom stereocenters. The molecule has 3 rings (SSSR count). The summed E-state index contributed by atoms with van der Waals surface area (Å²) in [5.41, 5.74) is 4.14. The van der Waals surface area contributed by atoms with Crippen LogP contribution in [0.25, 0.3) is 5.95 Å². The van der Waals surface area contributed by atoms with Crippen molar-refractivity contribution in [3.8, 4) is 12.0 Å². The topological polar surface area (TPSA) is 79.4 Å². The first-order valence-electron chi connectivity index (χ1n) is 7.21. The van der Waals surface area contributed by atoms with Gasteiger partial charge in [-0.25, -0.2) is 9.97 Å². The largest absolute Gasteiger partial charge is 0.340 e. The molecule has 6 heteroatoms. The van der Waals surface area contributed by atoms with Gasteiger partial charge in [0.2, 0.25) is 0 Å². The Morgan fingerprint density at radius 2 is 1.61 bits per heavy atom. The molecule has 0 amide bonds. The van der Waals surface area contributed by atoms with Gasteiger partial charge in [0.25, 0.3) is 5.95 Å². The number of nitriles is 1. The average molecular weight is 304 g/mol. The molecule has 0 bridgehead atoms. The van der Waals surface area contributed by atoms with Gasteiger partial charge >= 0.3 is 0 Å². The number of nitrogens with zero attached hydrogens (tertiary/aromatic N) is 5. The molecule has 114 valence electrons. The second kappa shape index (κ2) is 5.89. The highest BCUT2D eigenvalue weighted by atomic mass is 15.4. The molecule has 0 saturated carbocycles. The summed E-state index contributed by atoms with van der Waals surface area (Å²) in [5.74, 6) is 1.31. The van der Waals surface area contributed by atoms with Crippen LogP contribution in [0, 0.1) is 32.1 Å². The third-order valence-corrected chi connectivity index (χ3v) is 3.28. The fourth-order valence-electron chi connectivity index (χ4n) is 2.32. The zero-order chi connectivity index (χ0) is 16.4. The highest BCUT2D eigenvalue weighted by molar-refractivity contribution is 5.59. The van der Waals surface area contributed by atoms with Crippen molar-refractivity contribution in [1.29, 1.82) is 5.26 Å². The molecular weight excluding hydrogens is 288 g/mol. The van der Waals surface area contributed by atoms with E-state index < -0.39 is 0 Å². The summed E-state index contributed by atoms with van der Waals surface area (Å²) in [7, 11) is 0. The SMILES string of the molecule is Cc1cc(C)nc(-n2nc(C)cc2Nc2ccc(C#N)cc2)n1. The van der Waals surface area contributed by atoms with E-state index in [1.54, 1.807) is 16.8 Å². The fraction of sp³-hybridized carbons (Fsp3) is 0.176. The monoisotopic (exact) mass is 304 g/mol. The molecule has 3 aromatic rings. The second-order valence-electron chi connectivity index (χ2n) is 5.35. The number of nitrogens with one attached hydrogen (secondary N) is 1. The summed E-state index contributed by atoms with van der Waals surface area (Å²) in [6.07, 6.45) is 0. The van der Waals surface area contributed by atoms with E-state index in [9.17, 15) is 0 Å². The van der Waals surface area contributed by atoms with Crippen LogP contribution in [-0.4, -0.2) is 19.7 Å². The number of anilines is 2. The van der Waals surface area contributed by atoms with Crippen LogP contribution in [0.1, 0.15) is 22.6 Å². The third kappa shape index (κ3) is 3.19. The normalized spacial score (nSPS) is 10.3. The number of hydrogen-bond acceptors (Lipinski definition) is 5. The lowest BCUT2D eigenvalue weighted by atomic mass is 10.2. The van der Waals surface area contributed by atoms with E-state index in [-0.39, 0.29) is 0 Å². The van der Waals surface area contributed by atoms with Crippen molar-refractivity contribution < 1.29 is 0 Å². The Labute approximate surface area is 134 Å². The van der Waals surface area contributed by atoms with Gasteiger partial charge in [0.05, 0.1) is 17.3 Å². The maximum Gasteiger partial charge on any atom is 0.252 e. The standard InChI is InChI=1S/C17H16N6/c1-11-8-12(2)20-17(19-11)23-16(9-13(3)22-23)21-15-6-4-14(10-18)5-7-15/h4-9,21H,1-3H3. The Bertz CT molecular complexity index is 866. The summed E-state index contributed by atoms with van der Waals surface area (Å²) < 4.78 is 1.69. The van der Waals surface area contributed by atoms with Crippen LogP contribution in [0.3, 0.4) is 0 Å². The molecule has 23 heavy (non-hydrogen) atoms. The van der Waals surface area contributed by atoms with E-state index >= 15 is 0 Å². The Hall–Kier alpha value is -3.20. The van der Waals surface area contributed by atoms with E-state index in [0.717, 1.165) is 28.6 Å². The molecule has 6 nitrogen and oxygen atoms in total. The lowest BCUT2D eigenvalue weighted by Crippen LogP contribution is -2.08. The van der Waals surface area contributed by atoms with E-state index in [2.05, 4.69) is 26.5 Å². The van der Waals surface area contributed by atoms with Gasteiger partial charge in [-0.3, -0.25) is 0 Å². The molecule has 0 atom stereocenters. The molecule has 0 spiro atoms. The molecule has 0 aliphatic heterocycles. The smallest absolute Gasteiger partial charge is 0.252 e. The Morgan fingerprint density at radius 1 is 0.957 bits per heavy atom. The van der Waals surface area contributed by atoms with Crippen molar-refractivity contribution in [3.05, 3.63) is 59.0 Å². The number of hydrogen-bond donors (Lipinski definition) is 1. The van der Waals surface area contributed by atoms with Crippen LogP contribution in [-0.2, 0) is 0 Å². The molecule has 0 radical (unpaired) electrons. The molecule has 2 aromatic heterocycles. The van der Waals surface area contributed by atoms with Crippen molar-refractivity contribution in [2.75, 3.05) is 5.32 Å². The van der Waals surface area contributed by atoms with Gasteiger partial charge in [-0.1, -0.05) is 0 Å². The molecule has 0 aliphatic carbocycles. The summed E-state index contributed by atoms with van der Waals surface area (Å²) in [6, 6.07) is 13.2.